The molecule has 1 aliphatic rings. The topological polar surface area (TPSA) is 126 Å². The van der Waals surface area contributed by atoms with Crippen molar-refractivity contribution in [2.75, 3.05) is 39.8 Å². The van der Waals surface area contributed by atoms with Gasteiger partial charge in [-0.15, -0.1) is 0 Å². The van der Waals surface area contributed by atoms with Crippen molar-refractivity contribution in [1.29, 1.82) is 0 Å². The third kappa shape index (κ3) is 8.72. The fourth-order valence-corrected chi connectivity index (χ4v) is 5.70. The van der Waals surface area contributed by atoms with Crippen molar-refractivity contribution >= 4 is 33.6 Å². The number of nitrogens with two attached hydrogens (primary N) is 2. The monoisotopic (exact) mass is 639 g/mol. The summed E-state index contributed by atoms with van der Waals surface area (Å²) >= 11 is 0. The van der Waals surface area contributed by atoms with Gasteiger partial charge in [-0.1, -0.05) is 50.2 Å². The Morgan fingerprint density at radius 3 is 2.28 bits per heavy atom. The number of pyridine rings is 2. The number of rotatable bonds is 9. The maximum Gasteiger partial charge on any atom is 0.145 e. The Hall–Kier alpha value is -4.80. The van der Waals surface area contributed by atoms with Crippen molar-refractivity contribution in [3.8, 4) is 11.5 Å². The predicted molar refractivity (Wildman–Crippen MR) is 192 cm³/mol. The number of allylic oxidation sites excluding steroid dienone is 1. The molecule has 1 fully saturated rings. The van der Waals surface area contributed by atoms with Gasteiger partial charge in [-0.25, -0.2) is 10.8 Å². The Kier molecular flexibility index (Phi) is 12.8. The SMILES string of the molecule is CC.COc1ccc(CNc2ccc3c4ncc(/C(=C(\C)N)N(C)N)cc4n(CC4CCOCC4)c3n2)c(OC)c1.c1ccccc1. The molecule has 0 aliphatic carbocycles. The van der Waals surface area contributed by atoms with E-state index < -0.39 is 0 Å². The Labute approximate surface area is 278 Å². The number of nitrogens with zero attached hydrogens (tertiary/aromatic N) is 4. The molecule has 47 heavy (non-hydrogen) atoms. The van der Waals surface area contributed by atoms with E-state index in [2.05, 4.69) is 22.0 Å². The fraction of sp³-hybridized carbons (Fsp3) is 0.351. The number of hydrogen-bond acceptors (Lipinski definition) is 9. The van der Waals surface area contributed by atoms with Gasteiger partial charge >= 0.3 is 0 Å². The zero-order valence-electron chi connectivity index (χ0n) is 28.5. The van der Waals surface area contributed by atoms with E-state index >= 15 is 0 Å². The molecule has 10 nitrogen and oxygen atoms in total. The average molecular weight is 640 g/mol. The predicted octanol–water partition coefficient (Wildman–Crippen LogP) is 6.81. The van der Waals surface area contributed by atoms with Gasteiger partial charge in [-0.2, -0.15) is 0 Å². The summed E-state index contributed by atoms with van der Waals surface area (Å²) in [5.41, 5.74) is 12.3. The van der Waals surface area contributed by atoms with Crippen molar-refractivity contribution in [2.24, 2.45) is 17.5 Å². The van der Waals surface area contributed by atoms with E-state index in [4.69, 9.17) is 35.8 Å². The van der Waals surface area contributed by atoms with Crippen molar-refractivity contribution in [2.45, 2.75) is 46.7 Å². The van der Waals surface area contributed by atoms with Crippen LogP contribution >= 0.6 is 0 Å². The number of hydrazine groups is 1. The molecular formula is C37H49N7O3. The quantitative estimate of drug-likeness (QED) is 0.118. The molecule has 5 N–H and O–H groups in total. The van der Waals surface area contributed by atoms with E-state index in [1.807, 2.05) is 87.6 Å². The summed E-state index contributed by atoms with van der Waals surface area (Å²) < 4.78 is 18.8. The van der Waals surface area contributed by atoms with Crippen LogP contribution in [0.4, 0.5) is 5.82 Å². The smallest absolute Gasteiger partial charge is 0.145 e. The van der Waals surface area contributed by atoms with Gasteiger partial charge in [0.1, 0.15) is 23.0 Å². The third-order valence-corrected chi connectivity index (χ3v) is 7.95. The van der Waals surface area contributed by atoms with Gasteiger partial charge in [0, 0.05) is 67.8 Å². The first-order chi connectivity index (χ1) is 22.9. The highest BCUT2D eigenvalue weighted by atomic mass is 16.5. The van der Waals surface area contributed by atoms with E-state index in [1.165, 1.54) is 5.01 Å². The minimum atomic E-state index is 0.492. The summed E-state index contributed by atoms with van der Waals surface area (Å²) in [5, 5.41) is 6.01. The standard InChI is InChI=1S/C29H37N7O3.C6H6.C2H6/c1-18(30)28(35(2)31)21-13-24-27(33-16-21)23-7-8-26(32-15-20-5-6-22(37-3)14-25(20)38-4)34-29(23)36(24)17-19-9-11-39-12-10-19;1-2-4-6-5-3-1;1-2/h5-8,13-14,16,19H,9-12,15,17,30-31H2,1-4H3,(H,32,34);1-6H;1-2H3/b28-18-;;. The van der Waals surface area contributed by atoms with Crippen LogP contribution in [0.15, 0.2) is 84.7 Å². The van der Waals surface area contributed by atoms with Crippen LogP contribution in [0, 0.1) is 5.92 Å². The highest BCUT2D eigenvalue weighted by Gasteiger charge is 2.21. The normalized spacial score (nSPS) is 13.5. The molecule has 0 amide bonds. The molecule has 0 saturated carbocycles. The van der Waals surface area contributed by atoms with Gasteiger partial charge in [0.15, 0.2) is 0 Å². The van der Waals surface area contributed by atoms with Crippen molar-refractivity contribution < 1.29 is 14.2 Å². The summed E-state index contributed by atoms with van der Waals surface area (Å²) in [5.74, 6) is 8.91. The maximum atomic E-state index is 6.19. The lowest BCUT2D eigenvalue weighted by atomic mass is 10.0. The summed E-state index contributed by atoms with van der Waals surface area (Å²) in [4.78, 5) is 9.93. The van der Waals surface area contributed by atoms with E-state index in [0.717, 1.165) is 88.8 Å². The van der Waals surface area contributed by atoms with Crippen molar-refractivity contribution in [3.05, 3.63) is 95.8 Å². The minimum Gasteiger partial charge on any atom is -0.497 e. The maximum absolute atomic E-state index is 6.19. The minimum absolute atomic E-state index is 0.492. The van der Waals surface area contributed by atoms with Gasteiger partial charge in [0.25, 0.3) is 0 Å². The zero-order valence-corrected chi connectivity index (χ0v) is 28.5. The van der Waals surface area contributed by atoms with Crippen LogP contribution in [0.5, 0.6) is 11.5 Å². The lowest BCUT2D eigenvalue weighted by Crippen LogP contribution is -2.26. The lowest BCUT2D eigenvalue weighted by Gasteiger charge is -2.23. The first-order valence-electron chi connectivity index (χ1n) is 16.2. The van der Waals surface area contributed by atoms with Gasteiger partial charge in [0.2, 0.25) is 0 Å². The Bertz CT molecular complexity index is 1720. The van der Waals surface area contributed by atoms with E-state index in [9.17, 15) is 0 Å². The van der Waals surface area contributed by atoms with Crippen molar-refractivity contribution in [3.63, 3.8) is 0 Å². The average Bonchev–Trinajstić information content (AvgIpc) is 3.41. The van der Waals surface area contributed by atoms with Crippen molar-refractivity contribution in [1.82, 2.24) is 19.5 Å². The second kappa shape index (κ2) is 17.2. The molecule has 0 spiro atoms. The number of anilines is 1. The van der Waals surface area contributed by atoms with Crippen LogP contribution in [0.1, 0.15) is 44.7 Å². The molecule has 4 heterocycles. The highest BCUT2D eigenvalue weighted by Crippen LogP contribution is 2.33. The summed E-state index contributed by atoms with van der Waals surface area (Å²) in [6.45, 7) is 8.80. The van der Waals surface area contributed by atoms with Crippen LogP contribution in [0.25, 0.3) is 27.8 Å². The van der Waals surface area contributed by atoms with Gasteiger partial charge in [-0.05, 0) is 56.0 Å². The Morgan fingerprint density at radius 1 is 1.00 bits per heavy atom. The molecule has 0 atom stereocenters. The van der Waals surface area contributed by atoms with Crippen LogP contribution in [0.3, 0.4) is 0 Å². The first kappa shape index (κ1) is 35.1. The number of fused-ring (bicyclic) bond motifs is 3. The van der Waals surface area contributed by atoms with Gasteiger partial charge < -0.3 is 34.8 Å². The van der Waals surface area contributed by atoms with Crippen LogP contribution in [0.2, 0.25) is 0 Å². The van der Waals surface area contributed by atoms with Crippen LogP contribution in [-0.4, -0.2) is 54.0 Å². The number of methoxy groups -OCH3 is 2. The van der Waals surface area contributed by atoms with Gasteiger partial charge in [0.05, 0.1) is 31.0 Å². The molecule has 5 aromatic rings. The molecule has 0 bridgehead atoms. The molecule has 6 rings (SSSR count). The summed E-state index contributed by atoms with van der Waals surface area (Å²) in [6, 6.07) is 24.0. The second-order valence-electron chi connectivity index (χ2n) is 11.2. The van der Waals surface area contributed by atoms with E-state index in [1.54, 1.807) is 21.3 Å². The molecule has 0 radical (unpaired) electrons. The van der Waals surface area contributed by atoms with Crippen LogP contribution < -0.4 is 26.4 Å². The Balaban J connectivity index is 0.000000554. The Morgan fingerprint density at radius 2 is 1.68 bits per heavy atom. The third-order valence-electron chi connectivity index (χ3n) is 7.95. The highest BCUT2D eigenvalue weighted by molar-refractivity contribution is 6.05. The summed E-state index contributed by atoms with van der Waals surface area (Å²) in [7, 11) is 5.09. The molecule has 10 heteroatoms. The summed E-state index contributed by atoms with van der Waals surface area (Å²) in [6.07, 6.45) is 3.86. The van der Waals surface area contributed by atoms with Gasteiger partial charge in [-0.3, -0.25) is 4.98 Å². The number of aromatic nitrogens is 3. The molecular weight excluding hydrogens is 590 g/mol. The van der Waals surface area contributed by atoms with E-state index in [0.29, 0.717) is 18.2 Å². The number of nitrogens with one attached hydrogen (secondary N) is 1. The molecule has 250 valence electrons. The van der Waals surface area contributed by atoms with E-state index in [-0.39, 0.29) is 0 Å². The first-order valence-corrected chi connectivity index (χ1v) is 16.2. The molecule has 0 unspecified atom stereocenters. The fourth-order valence-electron chi connectivity index (χ4n) is 5.70. The molecule has 1 saturated heterocycles. The number of benzene rings is 2. The van der Waals surface area contributed by atoms with Crippen LogP contribution in [-0.2, 0) is 17.8 Å². The zero-order chi connectivity index (χ0) is 33.8. The molecule has 3 aromatic heterocycles. The number of ether oxygens (including phenoxy) is 3. The molecule has 1 aliphatic heterocycles. The largest absolute Gasteiger partial charge is 0.497 e. The molecule has 2 aromatic carbocycles. The lowest BCUT2D eigenvalue weighted by molar-refractivity contribution is 0.0619. The second-order valence-corrected chi connectivity index (χ2v) is 11.2. The number of hydrogen-bond donors (Lipinski definition) is 3.